The van der Waals surface area contributed by atoms with Gasteiger partial charge in [-0.3, -0.25) is 4.40 Å². The van der Waals surface area contributed by atoms with Gasteiger partial charge in [0.05, 0.1) is 26.0 Å². The zero-order valence-corrected chi connectivity index (χ0v) is 18.7. The van der Waals surface area contributed by atoms with Gasteiger partial charge in [0.2, 0.25) is 0 Å². The van der Waals surface area contributed by atoms with Gasteiger partial charge in [0.15, 0.2) is 11.4 Å². The number of hydrogen-bond donors (Lipinski definition) is 1. The topological polar surface area (TPSA) is 65.0 Å². The Morgan fingerprint density at radius 3 is 2.63 bits per heavy atom. The van der Waals surface area contributed by atoms with Gasteiger partial charge in [0.1, 0.15) is 5.82 Å². The van der Waals surface area contributed by atoms with E-state index in [1.165, 1.54) is 0 Å². The van der Waals surface area contributed by atoms with Gasteiger partial charge in [0, 0.05) is 52.6 Å². The van der Waals surface area contributed by atoms with Crippen molar-refractivity contribution in [3.63, 3.8) is 0 Å². The summed E-state index contributed by atoms with van der Waals surface area (Å²) in [6.07, 6.45) is 3.93. The number of nitrogens with two attached hydrogens (primary N) is 1. The Kier molecular flexibility index (Phi) is 6.39. The smallest absolute Gasteiger partial charge is 0.181 e. The third-order valence-corrected chi connectivity index (χ3v) is 5.71. The minimum absolute atomic E-state index is 0.304. The number of morpholine rings is 1. The van der Waals surface area contributed by atoms with Crippen molar-refractivity contribution in [3.8, 4) is 16.9 Å². The Bertz CT molecular complexity index is 1050. The van der Waals surface area contributed by atoms with Gasteiger partial charge in [-0.2, -0.15) is 0 Å². The molecule has 0 spiro atoms. The van der Waals surface area contributed by atoms with E-state index in [2.05, 4.69) is 23.1 Å². The van der Waals surface area contributed by atoms with E-state index in [0.717, 1.165) is 41.2 Å². The van der Waals surface area contributed by atoms with Gasteiger partial charge in [0.25, 0.3) is 0 Å². The monoisotopic (exact) mass is 448 g/mol. The molecule has 160 valence electrons. The summed E-state index contributed by atoms with van der Waals surface area (Å²) in [5.74, 6) is 2.07. The van der Waals surface area contributed by atoms with E-state index < -0.39 is 0 Å². The van der Waals surface area contributed by atoms with Crippen LogP contribution in [-0.2, 0) is 11.3 Å². The number of pyridine rings is 1. The molecule has 0 amide bonds. The van der Waals surface area contributed by atoms with Crippen molar-refractivity contribution in [1.29, 1.82) is 0 Å². The minimum Gasteiger partial charge on any atom is -0.489 e. The Morgan fingerprint density at radius 2 is 1.97 bits per heavy atom. The maximum absolute atomic E-state index is 6.57. The molecule has 2 N–H and O–H groups in total. The number of rotatable bonds is 6. The lowest BCUT2D eigenvalue weighted by atomic mass is 10.0. The number of ether oxygens (including phenoxy) is 2. The maximum Gasteiger partial charge on any atom is 0.181 e. The van der Waals surface area contributed by atoms with Crippen LogP contribution in [0.25, 0.3) is 16.8 Å². The quantitative estimate of drug-likeness (QED) is 0.594. The Hall–Kier alpha value is -1.99. The van der Waals surface area contributed by atoms with Crippen LogP contribution in [0.15, 0.2) is 30.6 Å². The number of imidazole rings is 1. The van der Waals surface area contributed by atoms with E-state index in [0.29, 0.717) is 48.1 Å². The number of benzene rings is 1. The third kappa shape index (κ3) is 4.10. The fourth-order valence-corrected chi connectivity index (χ4v) is 4.19. The van der Waals surface area contributed by atoms with Crippen LogP contribution in [0.2, 0.25) is 10.0 Å². The highest BCUT2D eigenvalue weighted by molar-refractivity contribution is 6.36. The van der Waals surface area contributed by atoms with Crippen LogP contribution in [-0.4, -0.2) is 42.3 Å². The summed E-state index contributed by atoms with van der Waals surface area (Å²) < 4.78 is 13.8. The number of hydrogen-bond acceptors (Lipinski definition) is 5. The summed E-state index contributed by atoms with van der Waals surface area (Å²) >= 11 is 12.7. The molecule has 1 saturated heterocycles. The molecular formula is C22H26Cl2N4O2. The van der Waals surface area contributed by atoms with Gasteiger partial charge >= 0.3 is 0 Å². The van der Waals surface area contributed by atoms with Crippen LogP contribution < -0.4 is 15.4 Å². The second-order valence-electron chi connectivity index (χ2n) is 7.79. The lowest BCUT2D eigenvalue weighted by Gasteiger charge is -2.28. The Balaban J connectivity index is 1.94. The van der Waals surface area contributed by atoms with E-state index in [1.54, 1.807) is 6.07 Å². The summed E-state index contributed by atoms with van der Waals surface area (Å²) in [5, 5.41) is 1.16. The van der Waals surface area contributed by atoms with E-state index in [1.807, 2.05) is 24.5 Å². The third-order valence-electron chi connectivity index (χ3n) is 5.16. The molecule has 8 heteroatoms. The van der Waals surface area contributed by atoms with Crippen molar-refractivity contribution in [2.24, 2.45) is 11.7 Å². The van der Waals surface area contributed by atoms with Crippen molar-refractivity contribution in [1.82, 2.24) is 9.38 Å². The summed E-state index contributed by atoms with van der Waals surface area (Å²) in [7, 11) is 0. The highest BCUT2D eigenvalue weighted by Gasteiger charge is 2.23. The molecule has 1 aliphatic heterocycles. The normalized spacial score (nSPS) is 14.7. The average Bonchev–Trinajstić information content (AvgIpc) is 3.15. The van der Waals surface area contributed by atoms with Gasteiger partial charge in [-0.25, -0.2) is 4.98 Å². The molecule has 3 aromatic rings. The average molecular weight is 449 g/mol. The molecule has 30 heavy (non-hydrogen) atoms. The number of aromatic nitrogens is 2. The fraction of sp³-hybridized carbons (Fsp3) is 0.409. The Labute approximate surface area is 186 Å². The molecule has 0 atom stereocenters. The van der Waals surface area contributed by atoms with Crippen LogP contribution in [0.1, 0.15) is 19.4 Å². The molecule has 1 aliphatic rings. The molecule has 1 fully saturated rings. The molecule has 0 bridgehead atoms. The van der Waals surface area contributed by atoms with Crippen molar-refractivity contribution in [3.05, 3.63) is 46.2 Å². The first-order valence-electron chi connectivity index (χ1n) is 10.1. The summed E-state index contributed by atoms with van der Waals surface area (Å²) in [5.41, 5.74) is 9.61. The maximum atomic E-state index is 6.57. The Morgan fingerprint density at radius 1 is 1.20 bits per heavy atom. The molecule has 1 aromatic carbocycles. The second kappa shape index (κ2) is 9.02. The molecule has 4 rings (SSSR count). The standard InChI is InChI=1S/C22H26Cl2N4O2/c1-14(2)13-30-21-17(10-25)18(16-4-3-15(23)9-19(16)24)12-28-20(11-26-22(21)28)27-5-7-29-8-6-27/h3-4,9,11-12,14H,5-8,10,13,25H2,1-2H3. The van der Waals surface area contributed by atoms with E-state index >= 15 is 0 Å². The highest BCUT2D eigenvalue weighted by atomic mass is 35.5. The summed E-state index contributed by atoms with van der Waals surface area (Å²) in [6.45, 7) is 8.12. The first-order chi connectivity index (χ1) is 14.5. The fourth-order valence-electron chi connectivity index (χ4n) is 3.68. The molecular weight excluding hydrogens is 423 g/mol. The molecule has 0 aliphatic carbocycles. The predicted molar refractivity (Wildman–Crippen MR) is 122 cm³/mol. The number of halogens is 2. The summed E-state index contributed by atoms with van der Waals surface area (Å²) in [4.78, 5) is 6.97. The number of nitrogens with zero attached hydrogens (tertiary/aromatic N) is 3. The van der Waals surface area contributed by atoms with Gasteiger partial charge in [-0.05, 0) is 18.1 Å². The highest BCUT2D eigenvalue weighted by Crippen LogP contribution is 2.39. The van der Waals surface area contributed by atoms with Crippen LogP contribution in [0.5, 0.6) is 5.75 Å². The second-order valence-corrected chi connectivity index (χ2v) is 8.64. The van der Waals surface area contributed by atoms with Crippen molar-refractivity contribution in [2.75, 3.05) is 37.8 Å². The molecule has 0 unspecified atom stereocenters. The predicted octanol–water partition coefficient (Wildman–Crippen LogP) is 4.64. The van der Waals surface area contributed by atoms with E-state index in [4.69, 9.17) is 43.4 Å². The van der Waals surface area contributed by atoms with E-state index in [-0.39, 0.29) is 0 Å². The number of anilines is 1. The minimum atomic E-state index is 0.304. The molecule has 0 radical (unpaired) electrons. The van der Waals surface area contributed by atoms with Crippen molar-refractivity contribution < 1.29 is 9.47 Å². The molecule has 0 saturated carbocycles. The zero-order valence-electron chi connectivity index (χ0n) is 17.2. The largest absolute Gasteiger partial charge is 0.489 e. The van der Waals surface area contributed by atoms with Gasteiger partial charge < -0.3 is 20.1 Å². The van der Waals surface area contributed by atoms with Crippen LogP contribution in [0.3, 0.4) is 0 Å². The zero-order chi connectivity index (χ0) is 21.3. The van der Waals surface area contributed by atoms with Gasteiger partial charge in [-0.15, -0.1) is 0 Å². The van der Waals surface area contributed by atoms with Crippen molar-refractivity contribution in [2.45, 2.75) is 20.4 Å². The molecule has 6 nitrogen and oxygen atoms in total. The van der Waals surface area contributed by atoms with Crippen molar-refractivity contribution >= 4 is 34.7 Å². The lowest BCUT2D eigenvalue weighted by molar-refractivity contribution is 0.122. The first kappa shape index (κ1) is 21.2. The number of fused-ring (bicyclic) bond motifs is 1. The molecule has 3 heterocycles. The van der Waals surface area contributed by atoms with Crippen LogP contribution in [0, 0.1) is 5.92 Å². The lowest BCUT2D eigenvalue weighted by Crippen LogP contribution is -2.36. The summed E-state index contributed by atoms with van der Waals surface area (Å²) in [6, 6.07) is 5.50. The van der Waals surface area contributed by atoms with Crippen LogP contribution in [0.4, 0.5) is 5.82 Å². The molecule has 2 aromatic heterocycles. The SMILES string of the molecule is CC(C)COc1c(CN)c(-c2ccc(Cl)cc2Cl)cn2c(N3CCOCC3)cnc12. The first-order valence-corrected chi connectivity index (χ1v) is 10.9. The van der Waals surface area contributed by atoms with Crippen LogP contribution >= 0.6 is 23.2 Å². The van der Waals surface area contributed by atoms with Gasteiger partial charge in [-0.1, -0.05) is 43.1 Å². The van der Waals surface area contributed by atoms with E-state index in [9.17, 15) is 0 Å².